The van der Waals surface area contributed by atoms with Gasteiger partial charge in [0.2, 0.25) is 47.3 Å². The minimum atomic E-state index is -1.52. The molecule has 1 aromatic heterocycles. The van der Waals surface area contributed by atoms with Gasteiger partial charge in [0.25, 0.3) is 5.91 Å². The SMILES string of the molecule is CC(=O)N[C@@H](CCCN=C(N)N)C(=O)N/C1=C\CC(=O)NCCC[C@@H](C(N)=O)NC(=O)[C@H](Cc2c[nH]c3ccccc23)NC(=O)[C@H](CCCN=C(N)N)NC(=O)[C@@H](Cc2ccccc2Cl)NC(=O)[C@@H]2C[C@@H](O)CN2C1=O. The Morgan fingerprint density at radius 2 is 1.42 bits per heavy atom. The van der Waals surface area contributed by atoms with Crippen LogP contribution in [0.15, 0.2) is 76.5 Å². The first-order valence-corrected chi connectivity index (χ1v) is 25.0. The first-order valence-electron chi connectivity index (χ1n) is 24.6. The topological polar surface area (TPSA) is 432 Å². The number of guanidine groups is 2. The number of aliphatic imine (C=N–C) groups is 2. The number of nitrogens with two attached hydrogens (primary N) is 5. The average molecular weight is 1080 g/mol. The van der Waals surface area contributed by atoms with Gasteiger partial charge in [-0.25, -0.2) is 0 Å². The van der Waals surface area contributed by atoms with Crippen molar-refractivity contribution in [3.63, 3.8) is 0 Å². The molecule has 27 heteroatoms. The molecule has 0 saturated carbocycles. The number of nitrogens with one attached hydrogen (secondary N) is 8. The molecule has 2 aliphatic heterocycles. The third kappa shape index (κ3) is 17.7. The molecule has 26 nitrogen and oxygen atoms in total. The van der Waals surface area contributed by atoms with Crippen LogP contribution in [0, 0.1) is 0 Å². The Bertz CT molecular complexity index is 2700. The smallest absolute Gasteiger partial charge is 0.270 e. The van der Waals surface area contributed by atoms with Crippen molar-refractivity contribution >= 4 is 87.6 Å². The number of H-pyrrole nitrogens is 1. The van der Waals surface area contributed by atoms with E-state index in [1.807, 2.05) is 18.2 Å². The van der Waals surface area contributed by atoms with E-state index in [2.05, 4.69) is 52.2 Å². The summed E-state index contributed by atoms with van der Waals surface area (Å²) in [7, 11) is 0. The summed E-state index contributed by atoms with van der Waals surface area (Å²) < 4.78 is 0. The van der Waals surface area contributed by atoms with E-state index in [4.69, 9.17) is 40.3 Å². The lowest BCUT2D eigenvalue weighted by Gasteiger charge is -2.29. The van der Waals surface area contributed by atoms with E-state index in [1.54, 1.807) is 36.5 Å². The number of hydrogen-bond donors (Lipinski definition) is 14. The second-order valence-electron chi connectivity index (χ2n) is 18.3. The molecule has 2 aromatic carbocycles. The monoisotopic (exact) mass is 1070 g/mol. The zero-order chi connectivity index (χ0) is 55.5. The number of carbonyl (C=O) groups is 9. The molecule has 76 heavy (non-hydrogen) atoms. The van der Waals surface area contributed by atoms with Crippen LogP contribution in [0.5, 0.6) is 0 Å². The Morgan fingerprint density at radius 1 is 0.803 bits per heavy atom. The molecule has 0 spiro atoms. The van der Waals surface area contributed by atoms with Crippen LogP contribution in [0.3, 0.4) is 0 Å². The minimum Gasteiger partial charge on any atom is -0.391 e. The number of aromatic nitrogens is 1. The van der Waals surface area contributed by atoms with Gasteiger partial charge in [-0.15, -0.1) is 0 Å². The van der Waals surface area contributed by atoms with Crippen LogP contribution in [-0.2, 0) is 56.0 Å². The van der Waals surface area contributed by atoms with E-state index in [-0.39, 0.29) is 94.4 Å². The summed E-state index contributed by atoms with van der Waals surface area (Å²) in [5.74, 6) is -7.95. The summed E-state index contributed by atoms with van der Waals surface area (Å²) in [4.78, 5) is 137. The molecule has 0 radical (unpaired) electrons. The van der Waals surface area contributed by atoms with E-state index in [0.717, 1.165) is 21.9 Å². The zero-order valence-electron chi connectivity index (χ0n) is 41.9. The van der Waals surface area contributed by atoms with E-state index in [1.165, 1.54) is 6.92 Å². The van der Waals surface area contributed by atoms with Crippen molar-refractivity contribution in [2.45, 2.75) is 113 Å². The molecule has 1 fully saturated rings. The maximum Gasteiger partial charge on any atom is 0.270 e. The lowest BCUT2D eigenvalue weighted by molar-refractivity contribution is -0.138. The van der Waals surface area contributed by atoms with Crippen molar-refractivity contribution in [1.29, 1.82) is 0 Å². The number of fused-ring (bicyclic) bond motifs is 2. The fourth-order valence-electron chi connectivity index (χ4n) is 8.64. The lowest BCUT2D eigenvalue weighted by Crippen LogP contribution is -2.59. The van der Waals surface area contributed by atoms with Crippen LogP contribution in [0.1, 0.15) is 69.4 Å². The number of para-hydroxylation sites is 1. The Kier molecular flexibility index (Phi) is 21.9. The highest BCUT2D eigenvalue weighted by atomic mass is 35.5. The molecule has 0 aliphatic carbocycles. The first kappa shape index (κ1) is 58.6. The Hall–Kier alpha value is -8.26. The number of halogens is 1. The van der Waals surface area contributed by atoms with Gasteiger partial charge in [0.1, 0.15) is 41.9 Å². The first-order chi connectivity index (χ1) is 36.2. The molecule has 9 amide bonds. The van der Waals surface area contributed by atoms with Crippen LogP contribution in [0.4, 0.5) is 0 Å². The molecule has 2 aliphatic rings. The number of aliphatic hydroxyl groups is 1. The van der Waals surface area contributed by atoms with Gasteiger partial charge in [0, 0.05) is 80.9 Å². The van der Waals surface area contributed by atoms with Crippen molar-refractivity contribution in [2.75, 3.05) is 26.2 Å². The average Bonchev–Trinajstić information content (AvgIpc) is 3.97. The van der Waals surface area contributed by atoms with Crippen LogP contribution in [0.2, 0.25) is 5.02 Å². The molecule has 1 saturated heterocycles. The third-order valence-corrected chi connectivity index (χ3v) is 12.8. The largest absolute Gasteiger partial charge is 0.391 e. The van der Waals surface area contributed by atoms with Gasteiger partial charge in [-0.3, -0.25) is 53.1 Å². The fourth-order valence-corrected chi connectivity index (χ4v) is 8.85. The highest BCUT2D eigenvalue weighted by Gasteiger charge is 2.42. The molecule has 7 atom stereocenters. The summed E-state index contributed by atoms with van der Waals surface area (Å²) in [6.45, 7) is 0.806. The van der Waals surface area contributed by atoms with Gasteiger partial charge >= 0.3 is 0 Å². The van der Waals surface area contributed by atoms with Gasteiger partial charge in [-0.2, -0.15) is 0 Å². The van der Waals surface area contributed by atoms with Gasteiger partial charge in [0.15, 0.2) is 11.9 Å². The molecule has 0 bridgehead atoms. The quantitative estimate of drug-likeness (QED) is 0.0384. The normalized spacial score (nSPS) is 22.5. The van der Waals surface area contributed by atoms with Crippen LogP contribution >= 0.6 is 11.6 Å². The van der Waals surface area contributed by atoms with Crippen LogP contribution < -0.4 is 65.9 Å². The summed E-state index contributed by atoms with van der Waals surface area (Å²) in [5.41, 5.74) is 29.0. The molecule has 0 unspecified atom stereocenters. The molecular formula is C49H67ClN16O10. The summed E-state index contributed by atoms with van der Waals surface area (Å²) in [6, 6.07) is 5.40. The Morgan fingerprint density at radius 3 is 2.11 bits per heavy atom. The van der Waals surface area contributed by atoms with Gasteiger partial charge in [-0.05, 0) is 67.9 Å². The lowest BCUT2D eigenvalue weighted by atomic mass is 10.0. The van der Waals surface area contributed by atoms with Crippen molar-refractivity contribution in [3.05, 3.63) is 82.7 Å². The highest BCUT2D eigenvalue weighted by molar-refractivity contribution is 6.31. The summed E-state index contributed by atoms with van der Waals surface area (Å²) in [5, 5.41) is 30.4. The second-order valence-corrected chi connectivity index (χ2v) is 18.7. The van der Waals surface area contributed by atoms with E-state index in [9.17, 15) is 48.3 Å². The van der Waals surface area contributed by atoms with E-state index >= 15 is 0 Å². The van der Waals surface area contributed by atoms with Crippen molar-refractivity contribution in [2.24, 2.45) is 38.7 Å². The summed E-state index contributed by atoms with van der Waals surface area (Å²) >= 11 is 6.57. The van der Waals surface area contributed by atoms with Crippen molar-refractivity contribution < 1.29 is 48.3 Å². The number of carbonyl (C=O) groups excluding carboxylic acids is 9. The number of benzene rings is 2. The number of hydrogen-bond acceptors (Lipinski definition) is 12. The second kappa shape index (κ2) is 28.4. The van der Waals surface area contributed by atoms with E-state index in [0.29, 0.717) is 11.1 Å². The molecular weight excluding hydrogens is 1010 g/mol. The van der Waals surface area contributed by atoms with Gasteiger partial charge in [-0.1, -0.05) is 48.0 Å². The molecule has 410 valence electrons. The van der Waals surface area contributed by atoms with Crippen LogP contribution in [-0.4, -0.2) is 149 Å². The van der Waals surface area contributed by atoms with Crippen molar-refractivity contribution in [3.8, 4) is 0 Å². The minimum absolute atomic E-state index is 0.00276. The van der Waals surface area contributed by atoms with Gasteiger partial charge in [0.05, 0.1) is 6.10 Å². The van der Waals surface area contributed by atoms with Crippen molar-refractivity contribution in [1.82, 2.24) is 47.1 Å². The predicted octanol–water partition coefficient (Wildman–Crippen LogP) is -3.10. The van der Waals surface area contributed by atoms with Crippen LogP contribution in [0.25, 0.3) is 10.9 Å². The number of nitrogens with zero attached hydrogens (tertiary/aromatic N) is 3. The standard InChI is InChI=1S/C49H67ClN16O10/c1-26(67)60-34(14-7-19-57-48(52)53)42(71)63-36-16-17-40(69)56-18-6-13-33(41(51)70)61-44(73)38(22-28-24-59-32-12-5-3-10-30(28)32)64-43(72)35(15-8-20-58-49(54)55)62-45(74)37(21-27-9-2-4-11-31(27)50)65-46(75)39-23-29(68)25-66(39)47(36)76/h2-5,9-12,16,24,29,33-35,37-39,59,68H,6-8,13-15,17-23,25H2,1H3,(H2,51,70)(H,56,69)(H,60,67)(H,61,73)(H,62,74)(H,63,71)(H,64,72)(H,65,75)(H4,52,53,57)(H4,54,55,58)/b36-16-/t29-,33+,34+,35+,37-,38+,39+/m1/s1. The molecule has 3 aromatic rings. The third-order valence-electron chi connectivity index (χ3n) is 12.4. The maximum absolute atomic E-state index is 14.7. The summed E-state index contributed by atoms with van der Waals surface area (Å²) in [6.07, 6.45) is 0.525. The number of amides is 9. The highest BCUT2D eigenvalue weighted by Crippen LogP contribution is 2.23. The maximum atomic E-state index is 14.7. The number of primary amides is 1. The Balaban J connectivity index is 1.56. The molecule has 5 rings (SSSR count). The number of aliphatic hydroxyl groups excluding tert-OH is 1. The Labute approximate surface area is 442 Å². The zero-order valence-corrected chi connectivity index (χ0v) is 42.7. The number of aromatic amines is 1. The molecule has 3 heterocycles. The predicted molar refractivity (Wildman–Crippen MR) is 281 cm³/mol. The van der Waals surface area contributed by atoms with E-state index < -0.39 is 114 Å². The van der Waals surface area contributed by atoms with Gasteiger partial charge < -0.3 is 80.9 Å². The number of rotatable bonds is 16. The fraction of sp³-hybridized carbons (Fsp3) is 0.449. The molecule has 19 N–H and O–H groups in total.